The fourth-order valence-corrected chi connectivity index (χ4v) is 14.6. The van der Waals surface area contributed by atoms with Gasteiger partial charge in [-0.2, -0.15) is 0 Å². The van der Waals surface area contributed by atoms with Crippen molar-refractivity contribution in [2.24, 2.45) is 17.8 Å². The zero-order valence-corrected chi connectivity index (χ0v) is 39.9. The van der Waals surface area contributed by atoms with Gasteiger partial charge in [0.05, 0.1) is 120 Å². The summed E-state index contributed by atoms with van der Waals surface area (Å²) in [5, 5.41) is 11.5. The van der Waals surface area contributed by atoms with Crippen LogP contribution in [-0.4, -0.2) is 143 Å². The van der Waals surface area contributed by atoms with Gasteiger partial charge in [-0.25, -0.2) is 0 Å². The Bertz CT molecular complexity index is 1800. The van der Waals surface area contributed by atoms with Gasteiger partial charge in [-0.1, -0.05) is 46.3 Å². The summed E-state index contributed by atoms with van der Waals surface area (Å²) in [6.07, 6.45) is 11.5. The Morgan fingerprint density at radius 1 is 0.656 bits per heavy atom. The zero-order valence-electron chi connectivity index (χ0n) is 39.9. The van der Waals surface area contributed by atoms with Gasteiger partial charge in [0.15, 0.2) is 0 Å². The first-order chi connectivity index (χ1) is 30.4. The summed E-state index contributed by atoms with van der Waals surface area (Å²) in [6.45, 7) is 19.7. The van der Waals surface area contributed by atoms with E-state index < -0.39 is 34.1 Å². The summed E-state index contributed by atoms with van der Waals surface area (Å²) in [5.74, 6) is 0.689. The van der Waals surface area contributed by atoms with E-state index in [4.69, 9.17) is 52.1 Å². The lowest BCUT2D eigenvalue weighted by Crippen LogP contribution is -2.70. The van der Waals surface area contributed by atoms with Crippen LogP contribution in [0.3, 0.4) is 0 Å². The van der Waals surface area contributed by atoms with Gasteiger partial charge >= 0.3 is 5.97 Å². The lowest BCUT2D eigenvalue weighted by Gasteiger charge is -2.60. The number of ether oxygens (including phenoxy) is 11. The van der Waals surface area contributed by atoms with E-state index in [1.807, 2.05) is 6.92 Å². The van der Waals surface area contributed by atoms with E-state index in [0.717, 1.165) is 44.9 Å². The molecule has 10 saturated heterocycles. The van der Waals surface area contributed by atoms with Crippen molar-refractivity contribution >= 4 is 5.97 Å². The molecular formula is C51H78O13. The number of fused-ring (bicyclic) bond motifs is 10. The van der Waals surface area contributed by atoms with Crippen molar-refractivity contribution in [3.05, 3.63) is 12.2 Å². The van der Waals surface area contributed by atoms with Crippen LogP contribution in [0.4, 0.5) is 0 Å². The molecule has 0 spiro atoms. The standard InChI is InChI=1S/C51H78O13/c1-10-26(2)16-29-19-38(52)51(9)42(54-29)21-34-35(61-51)20-33-30(55-34)12-11-14-47(5)43(58-33)25-50(8)41(62-47)23-40-48(6,64-50)15-13-31-45(60-40)27(3)17-32-37(56-31)24-49(7)39(57-32)22-36-46(63-49)28(4)18-44(53)59-36/h11-12,26-43,45-46,52H,10,13-25H2,1-9H3/b12-11-/t26?,27-,28?,29-,30-,31?,32+,33?,34+,35?,36+,37?,38+,39-,40+,41-,42-,43?,45-,46?,47+,48-,49+,50+,51+/m1/s1. The van der Waals surface area contributed by atoms with Gasteiger partial charge in [-0.15, -0.1) is 0 Å². The second-order valence-corrected chi connectivity index (χ2v) is 23.8. The molecule has 0 aliphatic carbocycles. The van der Waals surface area contributed by atoms with Crippen molar-refractivity contribution in [2.75, 3.05) is 0 Å². The van der Waals surface area contributed by atoms with Crippen molar-refractivity contribution in [3.8, 4) is 0 Å². The van der Waals surface area contributed by atoms with E-state index >= 15 is 0 Å². The summed E-state index contributed by atoms with van der Waals surface area (Å²) < 4.78 is 76.4. The highest BCUT2D eigenvalue weighted by molar-refractivity contribution is 5.71. The Morgan fingerprint density at radius 2 is 1.42 bits per heavy atom. The van der Waals surface area contributed by atoms with Crippen molar-refractivity contribution in [1.82, 2.24) is 0 Å². The average Bonchev–Trinajstić information content (AvgIpc) is 3.43. The number of hydrogen-bond donors (Lipinski definition) is 1. The third kappa shape index (κ3) is 7.62. The minimum absolute atomic E-state index is 0.0256. The normalized spacial score (nSPS) is 58.8. The monoisotopic (exact) mass is 899 g/mol. The summed E-state index contributed by atoms with van der Waals surface area (Å²) in [5.41, 5.74) is -3.04. The van der Waals surface area contributed by atoms with Crippen molar-refractivity contribution in [2.45, 2.75) is 284 Å². The number of rotatable bonds is 3. The first-order valence-corrected chi connectivity index (χ1v) is 25.6. The van der Waals surface area contributed by atoms with Gasteiger partial charge in [-0.3, -0.25) is 4.79 Å². The van der Waals surface area contributed by atoms with Crippen molar-refractivity contribution < 1.29 is 62.0 Å². The fraction of sp³-hybridized carbons (Fsp3) is 0.941. The van der Waals surface area contributed by atoms with E-state index in [1.54, 1.807) is 0 Å². The topological polar surface area (TPSA) is 139 Å². The van der Waals surface area contributed by atoms with Crippen LogP contribution in [0.15, 0.2) is 12.2 Å². The molecule has 8 unspecified atom stereocenters. The summed E-state index contributed by atoms with van der Waals surface area (Å²) in [7, 11) is 0. The maximum Gasteiger partial charge on any atom is 0.306 e. The Balaban J connectivity index is 0.773. The van der Waals surface area contributed by atoms with E-state index in [2.05, 4.69) is 67.5 Å². The third-order valence-electron chi connectivity index (χ3n) is 18.8. The summed E-state index contributed by atoms with van der Waals surface area (Å²) >= 11 is 0. The van der Waals surface area contributed by atoms with E-state index in [0.29, 0.717) is 50.9 Å². The van der Waals surface area contributed by atoms with Crippen molar-refractivity contribution in [3.63, 3.8) is 0 Å². The van der Waals surface area contributed by atoms with Gasteiger partial charge in [0.1, 0.15) is 17.8 Å². The molecule has 360 valence electrons. The van der Waals surface area contributed by atoms with E-state index in [1.165, 1.54) is 0 Å². The number of esters is 1. The number of aliphatic hydroxyl groups excluding tert-OH is 1. The minimum Gasteiger partial charge on any atom is -0.459 e. The van der Waals surface area contributed by atoms with Gasteiger partial charge in [-0.05, 0) is 84.5 Å². The molecule has 1 N–H and O–H groups in total. The maximum absolute atomic E-state index is 12.4. The predicted molar refractivity (Wildman–Crippen MR) is 233 cm³/mol. The second-order valence-electron chi connectivity index (χ2n) is 23.8. The Kier molecular flexibility index (Phi) is 11.4. The molecule has 0 aromatic rings. The highest BCUT2D eigenvalue weighted by Gasteiger charge is 2.64. The molecule has 0 radical (unpaired) electrons. The molecule has 0 aromatic heterocycles. The molecule has 25 atom stereocenters. The highest BCUT2D eigenvalue weighted by Crippen LogP contribution is 2.55. The molecule has 0 bridgehead atoms. The third-order valence-corrected chi connectivity index (χ3v) is 18.8. The molecule has 0 amide bonds. The summed E-state index contributed by atoms with van der Waals surface area (Å²) in [4.78, 5) is 12.4. The van der Waals surface area contributed by atoms with Gasteiger partial charge in [0, 0.05) is 44.9 Å². The average molecular weight is 899 g/mol. The largest absolute Gasteiger partial charge is 0.459 e. The van der Waals surface area contributed by atoms with Crippen LogP contribution in [0.25, 0.3) is 0 Å². The van der Waals surface area contributed by atoms with E-state index in [-0.39, 0.29) is 115 Å². The van der Waals surface area contributed by atoms with Gasteiger partial charge < -0.3 is 57.2 Å². The molecule has 0 aromatic carbocycles. The van der Waals surface area contributed by atoms with Gasteiger partial charge in [0.2, 0.25) is 0 Å². The van der Waals surface area contributed by atoms with E-state index in [9.17, 15) is 9.90 Å². The number of hydrogen-bond acceptors (Lipinski definition) is 13. The van der Waals surface area contributed by atoms with Crippen LogP contribution in [0.2, 0.25) is 0 Å². The number of carbonyl (C=O) groups is 1. The SMILES string of the molecule is CCC(C)C[C@@H]1C[C@H](O)[C@]2(C)OC3CC4OC5C[C@]6(C)O[C@]7(C)CCC8OC9C[C@]%10(C)OC%11C(C)CC(=O)O[C@H]%11C[C@H]%10O[C@H]9C[C@@H](C)[C@H]8O[C@H]7C[C@H]6O[C@@]5(C)C/C=C\[C@H]4O[C@H]3C[C@H]2O1. The first kappa shape index (κ1) is 45.2. The smallest absolute Gasteiger partial charge is 0.306 e. The lowest BCUT2D eigenvalue weighted by atomic mass is 9.72. The molecule has 11 heterocycles. The summed E-state index contributed by atoms with van der Waals surface area (Å²) in [6, 6.07) is 0. The van der Waals surface area contributed by atoms with Gasteiger partial charge in [0.25, 0.3) is 0 Å². The van der Waals surface area contributed by atoms with Crippen molar-refractivity contribution in [1.29, 1.82) is 0 Å². The van der Waals surface area contributed by atoms with Crippen LogP contribution in [0.1, 0.15) is 152 Å². The quantitative estimate of drug-likeness (QED) is 0.234. The van der Waals surface area contributed by atoms with Crippen LogP contribution >= 0.6 is 0 Å². The number of aliphatic hydroxyl groups is 1. The molecule has 64 heavy (non-hydrogen) atoms. The van der Waals surface area contributed by atoms with Crippen LogP contribution < -0.4 is 0 Å². The fourth-order valence-electron chi connectivity index (χ4n) is 14.6. The second kappa shape index (κ2) is 16.2. The maximum atomic E-state index is 12.4. The molecular weight excluding hydrogens is 821 g/mol. The highest BCUT2D eigenvalue weighted by atomic mass is 16.7. The molecule has 10 fully saturated rings. The molecule has 0 saturated carbocycles. The van der Waals surface area contributed by atoms with Crippen LogP contribution in [-0.2, 0) is 56.9 Å². The first-order valence-electron chi connectivity index (χ1n) is 25.6. The van der Waals surface area contributed by atoms with Crippen LogP contribution in [0, 0.1) is 17.8 Å². The molecule has 11 aliphatic rings. The zero-order chi connectivity index (χ0) is 44.7. The molecule has 13 nitrogen and oxygen atoms in total. The molecule has 13 heteroatoms. The predicted octanol–water partition coefficient (Wildman–Crippen LogP) is 6.84. The Morgan fingerprint density at radius 3 is 2.23 bits per heavy atom. The Hall–Kier alpha value is -1.23. The number of carbonyl (C=O) groups excluding carboxylic acids is 1. The lowest BCUT2D eigenvalue weighted by molar-refractivity contribution is -0.356. The van der Waals surface area contributed by atoms with Crippen LogP contribution in [0.5, 0.6) is 0 Å². The minimum atomic E-state index is -0.792. The Labute approximate surface area is 380 Å². The molecule has 11 rings (SSSR count). The molecule has 11 aliphatic heterocycles.